The third kappa shape index (κ3) is 5.98. The van der Waals surface area contributed by atoms with Crippen LogP contribution >= 0.6 is 11.6 Å². The van der Waals surface area contributed by atoms with Crippen molar-refractivity contribution in [1.29, 1.82) is 0 Å². The lowest BCUT2D eigenvalue weighted by molar-refractivity contribution is 0.398. The van der Waals surface area contributed by atoms with E-state index in [4.69, 9.17) is 11.6 Å². The molecule has 0 fully saturated rings. The number of benzene rings is 2. The van der Waals surface area contributed by atoms with Crippen molar-refractivity contribution in [1.82, 2.24) is 10.2 Å². The molecule has 0 amide bonds. The maximum Gasteiger partial charge on any atom is 0.0406 e. The molecule has 0 saturated heterocycles. The van der Waals surface area contributed by atoms with Crippen LogP contribution in [0.5, 0.6) is 0 Å². The largest absolute Gasteiger partial charge is 0.315 e. The average molecular weight is 331 g/mol. The van der Waals surface area contributed by atoms with Crippen molar-refractivity contribution >= 4 is 11.6 Å². The Labute approximate surface area is 145 Å². The summed E-state index contributed by atoms with van der Waals surface area (Å²) in [7, 11) is 4.21. The van der Waals surface area contributed by atoms with Crippen molar-refractivity contribution < 1.29 is 0 Å². The van der Waals surface area contributed by atoms with Gasteiger partial charge in [-0.2, -0.15) is 0 Å². The third-order valence-corrected chi connectivity index (χ3v) is 4.40. The van der Waals surface area contributed by atoms with E-state index in [1.165, 1.54) is 16.7 Å². The Morgan fingerprint density at radius 3 is 2.04 bits per heavy atom. The van der Waals surface area contributed by atoms with E-state index in [1.54, 1.807) is 0 Å². The van der Waals surface area contributed by atoms with Crippen molar-refractivity contribution in [3.8, 4) is 11.1 Å². The molecule has 23 heavy (non-hydrogen) atoms. The molecule has 2 aromatic carbocycles. The summed E-state index contributed by atoms with van der Waals surface area (Å²) in [5.74, 6) is 0.570. The molecule has 0 aliphatic heterocycles. The predicted molar refractivity (Wildman–Crippen MR) is 101 cm³/mol. The maximum atomic E-state index is 5.95. The highest BCUT2D eigenvalue weighted by Gasteiger charge is 2.06. The first-order valence-electron chi connectivity index (χ1n) is 8.27. The van der Waals surface area contributed by atoms with Gasteiger partial charge in [0.15, 0.2) is 0 Å². The van der Waals surface area contributed by atoms with Gasteiger partial charge < -0.3 is 10.2 Å². The zero-order valence-corrected chi connectivity index (χ0v) is 15.1. The van der Waals surface area contributed by atoms with Crippen LogP contribution in [0.3, 0.4) is 0 Å². The lowest BCUT2D eigenvalue weighted by Crippen LogP contribution is -2.27. The number of hydrogen-bond acceptors (Lipinski definition) is 2. The summed E-state index contributed by atoms with van der Waals surface area (Å²) in [5, 5.41) is 4.28. The molecule has 0 radical (unpaired) electrons. The Bertz CT molecular complexity index is 576. The molecule has 0 spiro atoms. The Balaban J connectivity index is 1.85. The Hall–Kier alpha value is -1.35. The second-order valence-electron chi connectivity index (χ2n) is 6.37. The highest BCUT2D eigenvalue weighted by atomic mass is 35.5. The van der Waals surface area contributed by atoms with Crippen LogP contribution in [0.25, 0.3) is 11.1 Å². The van der Waals surface area contributed by atoms with Crippen LogP contribution in [0.4, 0.5) is 0 Å². The van der Waals surface area contributed by atoms with Gasteiger partial charge in [-0.1, -0.05) is 54.9 Å². The number of likely N-dealkylation sites (N-methyl/N-ethyl adjacent to an activating group) is 1. The molecule has 2 aromatic rings. The third-order valence-electron chi connectivity index (χ3n) is 4.15. The smallest absolute Gasteiger partial charge is 0.0406 e. The summed E-state index contributed by atoms with van der Waals surface area (Å²) in [6.45, 7) is 5.50. The summed E-state index contributed by atoms with van der Waals surface area (Å²) in [6.07, 6.45) is 1.16. The van der Waals surface area contributed by atoms with Gasteiger partial charge in [-0.25, -0.2) is 0 Å². The Morgan fingerprint density at radius 1 is 0.913 bits per heavy atom. The quantitative estimate of drug-likeness (QED) is 0.709. The summed E-state index contributed by atoms with van der Waals surface area (Å²) in [4.78, 5) is 2.20. The number of nitrogens with one attached hydrogen (secondary N) is 1. The molecule has 0 saturated carbocycles. The molecular formula is C20H27ClN2. The minimum Gasteiger partial charge on any atom is -0.315 e. The molecule has 2 nitrogen and oxygen atoms in total. The van der Waals surface area contributed by atoms with E-state index in [-0.39, 0.29) is 0 Å². The van der Waals surface area contributed by atoms with Crippen molar-refractivity contribution in [2.45, 2.75) is 19.3 Å². The van der Waals surface area contributed by atoms with E-state index < -0.39 is 0 Å². The lowest BCUT2D eigenvalue weighted by atomic mass is 9.95. The van der Waals surface area contributed by atoms with Crippen LogP contribution in [0, 0.1) is 0 Å². The van der Waals surface area contributed by atoms with E-state index in [0.29, 0.717) is 5.92 Å². The maximum absolute atomic E-state index is 5.95. The molecule has 3 heteroatoms. The fraction of sp³-hybridized carbons (Fsp3) is 0.400. The van der Waals surface area contributed by atoms with E-state index in [2.05, 4.69) is 67.6 Å². The topological polar surface area (TPSA) is 15.3 Å². The van der Waals surface area contributed by atoms with Gasteiger partial charge in [0.05, 0.1) is 0 Å². The first kappa shape index (κ1) is 18.0. The monoisotopic (exact) mass is 330 g/mol. The van der Waals surface area contributed by atoms with Gasteiger partial charge in [-0.05, 0) is 61.8 Å². The van der Waals surface area contributed by atoms with E-state index in [9.17, 15) is 0 Å². The summed E-state index contributed by atoms with van der Waals surface area (Å²) < 4.78 is 0. The molecule has 1 N–H and O–H groups in total. The van der Waals surface area contributed by atoms with Crippen LogP contribution in [0.1, 0.15) is 24.8 Å². The summed E-state index contributed by atoms with van der Waals surface area (Å²) in [6, 6.07) is 16.9. The van der Waals surface area contributed by atoms with Gasteiger partial charge in [0, 0.05) is 18.1 Å². The number of nitrogens with zero attached hydrogens (tertiary/aromatic N) is 1. The molecule has 1 atom stereocenters. The lowest BCUT2D eigenvalue weighted by Gasteiger charge is -2.14. The summed E-state index contributed by atoms with van der Waals surface area (Å²) >= 11 is 5.95. The highest BCUT2D eigenvalue weighted by Crippen LogP contribution is 2.25. The van der Waals surface area contributed by atoms with Gasteiger partial charge in [0.1, 0.15) is 0 Å². The second kappa shape index (κ2) is 9.07. The van der Waals surface area contributed by atoms with Crippen molar-refractivity contribution in [2.75, 3.05) is 33.7 Å². The average Bonchev–Trinajstić information content (AvgIpc) is 2.55. The molecule has 0 aromatic heterocycles. The number of halogens is 1. The van der Waals surface area contributed by atoms with Gasteiger partial charge in [-0.3, -0.25) is 0 Å². The molecule has 124 valence electrons. The number of hydrogen-bond donors (Lipinski definition) is 1. The molecule has 0 aliphatic rings. The van der Waals surface area contributed by atoms with Gasteiger partial charge in [-0.15, -0.1) is 0 Å². The van der Waals surface area contributed by atoms with Gasteiger partial charge in [0.25, 0.3) is 0 Å². The van der Waals surface area contributed by atoms with Crippen molar-refractivity contribution in [2.24, 2.45) is 0 Å². The summed E-state index contributed by atoms with van der Waals surface area (Å²) in [5.41, 5.74) is 3.85. The second-order valence-corrected chi connectivity index (χ2v) is 6.81. The van der Waals surface area contributed by atoms with E-state index in [0.717, 1.165) is 31.1 Å². The van der Waals surface area contributed by atoms with Crippen LogP contribution < -0.4 is 5.32 Å². The molecule has 0 aliphatic carbocycles. The minimum atomic E-state index is 0.570. The molecular weight excluding hydrogens is 304 g/mol. The van der Waals surface area contributed by atoms with E-state index in [1.807, 2.05) is 12.1 Å². The van der Waals surface area contributed by atoms with E-state index >= 15 is 0 Å². The van der Waals surface area contributed by atoms with Crippen molar-refractivity contribution in [3.63, 3.8) is 0 Å². The fourth-order valence-corrected chi connectivity index (χ4v) is 2.69. The fourth-order valence-electron chi connectivity index (χ4n) is 2.56. The molecule has 1 unspecified atom stereocenters. The van der Waals surface area contributed by atoms with Gasteiger partial charge >= 0.3 is 0 Å². The van der Waals surface area contributed by atoms with Crippen LogP contribution in [-0.4, -0.2) is 38.6 Å². The standard InChI is InChI=1S/C20H27ClN2/c1-16(12-13-22-14-15-23(2)3)17-4-6-18(7-5-17)19-8-10-20(21)11-9-19/h4-11,16,22H,12-15H2,1-3H3. The van der Waals surface area contributed by atoms with Crippen molar-refractivity contribution in [3.05, 3.63) is 59.1 Å². The Kier molecular flexibility index (Phi) is 7.10. The first-order chi connectivity index (χ1) is 11.1. The zero-order chi connectivity index (χ0) is 16.7. The normalized spacial score (nSPS) is 12.6. The first-order valence-corrected chi connectivity index (χ1v) is 8.65. The van der Waals surface area contributed by atoms with Gasteiger partial charge in [0.2, 0.25) is 0 Å². The van der Waals surface area contributed by atoms with Crippen LogP contribution in [0.15, 0.2) is 48.5 Å². The minimum absolute atomic E-state index is 0.570. The highest BCUT2D eigenvalue weighted by molar-refractivity contribution is 6.30. The SMILES string of the molecule is CC(CCNCCN(C)C)c1ccc(-c2ccc(Cl)cc2)cc1. The molecule has 0 heterocycles. The van der Waals surface area contributed by atoms with Crippen LogP contribution in [0.2, 0.25) is 5.02 Å². The Morgan fingerprint density at radius 2 is 1.48 bits per heavy atom. The molecule has 2 rings (SSSR count). The van der Waals surface area contributed by atoms with Crippen LogP contribution in [-0.2, 0) is 0 Å². The zero-order valence-electron chi connectivity index (χ0n) is 14.3. The predicted octanol–water partition coefficient (Wildman–Crippen LogP) is 4.65. The number of rotatable bonds is 8. The molecule has 0 bridgehead atoms.